The molecule has 0 N–H and O–H groups in total. The predicted octanol–water partition coefficient (Wildman–Crippen LogP) is 9.96. The molecule has 2 aliphatic carbocycles. The van der Waals surface area contributed by atoms with Crippen molar-refractivity contribution in [1.82, 2.24) is 0 Å². The summed E-state index contributed by atoms with van der Waals surface area (Å²) in [6.07, 6.45) is 15.6. The summed E-state index contributed by atoms with van der Waals surface area (Å²) in [5.74, 6) is 0. The summed E-state index contributed by atoms with van der Waals surface area (Å²) < 4.78 is 0. The minimum absolute atomic E-state index is 0.991. The lowest BCUT2D eigenvalue weighted by Crippen LogP contribution is -2.17. The average Bonchev–Trinajstić information content (AvgIpc) is 3.00. The molecule has 0 fully saturated rings. The van der Waals surface area contributed by atoms with Gasteiger partial charge in [0.1, 0.15) is 0 Å². The molecule has 0 spiro atoms. The molecule has 0 saturated carbocycles. The highest BCUT2D eigenvalue weighted by molar-refractivity contribution is 5.76. The number of allylic oxidation sites excluding steroid dienone is 7. The molecule has 4 aromatic rings. The van der Waals surface area contributed by atoms with Crippen LogP contribution in [0.2, 0.25) is 0 Å². The van der Waals surface area contributed by atoms with Crippen LogP contribution >= 0.6 is 0 Å². The third-order valence-corrected chi connectivity index (χ3v) is 7.19. The Hall–Kier alpha value is -4.56. The van der Waals surface area contributed by atoms with E-state index in [1.54, 1.807) is 0 Å². The quantitative estimate of drug-likeness (QED) is 0.253. The van der Waals surface area contributed by atoms with Crippen molar-refractivity contribution < 1.29 is 0 Å². The second kappa shape index (κ2) is 11.2. The van der Waals surface area contributed by atoms with E-state index in [2.05, 4.69) is 155 Å². The van der Waals surface area contributed by atoms with Gasteiger partial charge >= 0.3 is 0 Å². The Morgan fingerprint density at radius 2 is 1.03 bits per heavy atom. The number of nitrogens with zero attached hydrogens (tertiary/aromatic N) is 2. The van der Waals surface area contributed by atoms with Crippen LogP contribution in [-0.2, 0) is 0 Å². The van der Waals surface area contributed by atoms with Crippen LogP contribution in [0.3, 0.4) is 0 Å². The van der Waals surface area contributed by atoms with Crippen LogP contribution in [-0.4, -0.2) is 0 Å². The number of hydrogen-bond donors (Lipinski definition) is 0. The molecule has 186 valence electrons. The summed E-state index contributed by atoms with van der Waals surface area (Å²) in [4.78, 5) is 4.73. The SMILES string of the molecule is C1=CC(N(c2ccccc2)c2ccc(C3=CC=C(N(c4ccccc4)c4ccccc4)CC3)cc2)=CCC1. The molecule has 0 saturated heterocycles. The molecule has 0 unspecified atom stereocenters. The van der Waals surface area contributed by atoms with Gasteiger partial charge in [-0.3, -0.25) is 0 Å². The van der Waals surface area contributed by atoms with E-state index in [4.69, 9.17) is 0 Å². The highest BCUT2D eigenvalue weighted by atomic mass is 15.2. The van der Waals surface area contributed by atoms with Gasteiger partial charge in [-0.25, -0.2) is 0 Å². The number of anilines is 4. The van der Waals surface area contributed by atoms with Crippen LogP contribution in [0.5, 0.6) is 0 Å². The molecule has 2 nitrogen and oxygen atoms in total. The van der Waals surface area contributed by atoms with Gasteiger partial charge in [-0.1, -0.05) is 85.0 Å². The molecule has 0 bridgehead atoms. The molecule has 0 atom stereocenters. The van der Waals surface area contributed by atoms with Gasteiger partial charge in [0.2, 0.25) is 0 Å². The van der Waals surface area contributed by atoms with E-state index >= 15 is 0 Å². The number of para-hydroxylation sites is 3. The smallest absolute Gasteiger partial charge is 0.0461 e. The van der Waals surface area contributed by atoms with Gasteiger partial charge in [-0.15, -0.1) is 0 Å². The topological polar surface area (TPSA) is 6.48 Å². The maximum absolute atomic E-state index is 2.37. The zero-order valence-electron chi connectivity index (χ0n) is 21.6. The third kappa shape index (κ3) is 5.12. The second-order valence-corrected chi connectivity index (χ2v) is 9.68. The lowest BCUT2D eigenvalue weighted by Gasteiger charge is -2.30. The van der Waals surface area contributed by atoms with E-state index in [0.29, 0.717) is 0 Å². The molecule has 6 rings (SSSR count). The summed E-state index contributed by atoms with van der Waals surface area (Å²) in [5, 5.41) is 0. The summed E-state index contributed by atoms with van der Waals surface area (Å²) in [6.45, 7) is 0. The van der Waals surface area contributed by atoms with Gasteiger partial charge in [0.05, 0.1) is 0 Å². The fourth-order valence-corrected chi connectivity index (χ4v) is 5.30. The molecule has 38 heavy (non-hydrogen) atoms. The monoisotopic (exact) mass is 492 g/mol. The van der Waals surface area contributed by atoms with Crippen LogP contribution in [0.15, 0.2) is 157 Å². The molecule has 0 radical (unpaired) electrons. The summed E-state index contributed by atoms with van der Waals surface area (Å²) in [6, 6.07) is 41.0. The van der Waals surface area contributed by atoms with Crippen LogP contribution < -0.4 is 9.80 Å². The Morgan fingerprint density at radius 3 is 1.53 bits per heavy atom. The van der Waals surface area contributed by atoms with Crippen LogP contribution in [0.4, 0.5) is 22.7 Å². The van der Waals surface area contributed by atoms with Crippen molar-refractivity contribution in [3.8, 4) is 0 Å². The van der Waals surface area contributed by atoms with Gasteiger partial charge < -0.3 is 9.80 Å². The van der Waals surface area contributed by atoms with Gasteiger partial charge in [0.25, 0.3) is 0 Å². The van der Waals surface area contributed by atoms with Crippen LogP contribution in [0.25, 0.3) is 5.57 Å². The van der Waals surface area contributed by atoms with Crippen molar-refractivity contribution in [2.24, 2.45) is 0 Å². The van der Waals surface area contributed by atoms with E-state index < -0.39 is 0 Å². The van der Waals surface area contributed by atoms with Gasteiger partial charge in [0, 0.05) is 34.1 Å². The van der Waals surface area contributed by atoms with E-state index in [9.17, 15) is 0 Å². The average molecular weight is 493 g/mol. The maximum atomic E-state index is 2.37. The maximum Gasteiger partial charge on any atom is 0.0461 e. The first-order valence-corrected chi connectivity index (χ1v) is 13.5. The largest absolute Gasteiger partial charge is 0.314 e. The Balaban J connectivity index is 1.29. The van der Waals surface area contributed by atoms with Gasteiger partial charge in [-0.05, 0) is 97.5 Å². The van der Waals surface area contributed by atoms with Crippen molar-refractivity contribution >= 4 is 28.3 Å². The second-order valence-electron chi connectivity index (χ2n) is 9.68. The fourth-order valence-electron chi connectivity index (χ4n) is 5.30. The first kappa shape index (κ1) is 23.8. The van der Waals surface area contributed by atoms with Crippen molar-refractivity contribution in [3.63, 3.8) is 0 Å². The van der Waals surface area contributed by atoms with E-state index in [0.717, 1.165) is 25.7 Å². The standard InChI is InChI=1S/C36H32N2/c1-5-13-31(14-6-1)37(32-15-7-2-8-16-32)35-25-21-29(22-26-35)30-23-27-36(28-24-30)38(33-17-9-3-10-18-33)34-19-11-4-12-20-34/h1-3,5-11,13-21,23-25,27-28H,4,12,22,26H2. The molecule has 2 heteroatoms. The zero-order chi connectivity index (χ0) is 25.6. The predicted molar refractivity (Wildman–Crippen MR) is 162 cm³/mol. The van der Waals surface area contributed by atoms with E-state index in [1.165, 1.54) is 45.3 Å². The number of hydrogen-bond acceptors (Lipinski definition) is 2. The Kier molecular flexibility index (Phi) is 7.04. The van der Waals surface area contributed by atoms with Crippen molar-refractivity contribution in [2.45, 2.75) is 25.7 Å². The molecule has 0 aromatic heterocycles. The molecule has 0 heterocycles. The van der Waals surface area contributed by atoms with E-state index in [1.807, 2.05) is 0 Å². The molecular weight excluding hydrogens is 460 g/mol. The molecule has 0 aliphatic heterocycles. The molecular formula is C36H32N2. The summed E-state index contributed by atoms with van der Waals surface area (Å²) >= 11 is 0. The minimum Gasteiger partial charge on any atom is -0.314 e. The number of rotatable bonds is 7. The minimum atomic E-state index is 0.991. The normalized spacial score (nSPS) is 14.8. The van der Waals surface area contributed by atoms with Crippen molar-refractivity contribution in [3.05, 3.63) is 163 Å². The first-order valence-electron chi connectivity index (χ1n) is 13.5. The Labute approximate surface area is 226 Å². The Bertz CT molecular complexity index is 1440. The van der Waals surface area contributed by atoms with Crippen molar-refractivity contribution in [2.75, 3.05) is 9.80 Å². The Morgan fingerprint density at radius 1 is 0.474 bits per heavy atom. The molecule has 4 aromatic carbocycles. The summed E-state index contributed by atoms with van der Waals surface area (Å²) in [5.41, 5.74) is 9.97. The lowest BCUT2D eigenvalue weighted by atomic mass is 9.94. The first-order chi connectivity index (χ1) is 18.9. The molecule has 2 aliphatic rings. The zero-order valence-corrected chi connectivity index (χ0v) is 21.6. The van der Waals surface area contributed by atoms with Crippen molar-refractivity contribution in [1.29, 1.82) is 0 Å². The van der Waals surface area contributed by atoms with Crippen LogP contribution in [0, 0.1) is 0 Å². The number of benzene rings is 4. The van der Waals surface area contributed by atoms with Crippen LogP contribution in [0.1, 0.15) is 31.2 Å². The summed E-state index contributed by atoms with van der Waals surface area (Å²) in [7, 11) is 0. The highest BCUT2D eigenvalue weighted by Crippen LogP contribution is 2.37. The van der Waals surface area contributed by atoms with Gasteiger partial charge in [-0.2, -0.15) is 0 Å². The van der Waals surface area contributed by atoms with E-state index in [-0.39, 0.29) is 0 Å². The fraction of sp³-hybridized carbons (Fsp3) is 0.111. The lowest BCUT2D eigenvalue weighted by molar-refractivity contribution is 0.930. The molecule has 0 amide bonds. The van der Waals surface area contributed by atoms with Gasteiger partial charge in [0.15, 0.2) is 0 Å². The third-order valence-electron chi connectivity index (χ3n) is 7.19. The highest BCUT2D eigenvalue weighted by Gasteiger charge is 2.18.